The van der Waals surface area contributed by atoms with E-state index in [9.17, 15) is 13.2 Å². The summed E-state index contributed by atoms with van der Waals surface area (Å²) in [6, 6.07) is 7.29. The maximum atomic E-state index is 12.2. The average molecular weight is 270 g/mol. The third-order valence-corrected chi connectivity index (χ3v) is 3.16. The minimum Gasteiger partial charge on any atom is -0.350 e. The molecule has 1 N–H and O–H groups in total. The molecule has 2 aromatic rings. The second kappa shape index (κ2) is 5.25. The lowest BCUT2D eigenvalue weighted by atomic mass is 10.1. The van der Waals surface area contributed by atoms with Crippen LogP contribution in [0, 0.1) is 0 Å². The molecule has 1 heterocycles. The summed E-state index contributed by atoms with van der Waals surface area (Å²) in [5.41, 5.74) is 2.11. The summed E-state index contributed by atoms with van der Waals surface area (Å²) in [5, 5.41) is 4.01. The summed E-state index contributed by atoms with van der Waals surface area (Å²) in [4.78, 5) is 0. The molecule has 0 saturated heterocycles. The zero-order valence-corrected chi connectivity index (χ0v) is 11.0. The van der Waals surface area contributed by atoms with Crippen LogP contribution in [0.4, 0.5) is 13.2 Å². The normalized spacial score (nSPS) is 13.9. The molecule has 19 heavy (non-hydrogen) atoms. The Hall–Kier alpha value is -1.49. The standard InChI is InChI=1S/C14H17F3N2/c1-10(7-14(15,16)17)18-8-11-9-19(2)13-6-4-3-5-12(11)13/h3-6,9-10,18H,7-8H2,1-2H3. The summed E-state index contributed by atoms with van der Waals surface area (Å²) in [6.45, 7) is 2.00. The lowest BCUT2D eigenvalue weighted by Gasteiger charge is -2.15. The highest BCUT2D eigenvalue weighted by Gasteiger charge is 2.29. The van der Waals surface area contributed by atoms with Crippen LogP contribution in [0.5, 0.6) is 0 Å². The Morgan fingerprint density at radius 2 is 1.95 bits per heavy atom. The van der Waals surface area contributed by atoms with Crippen molar-refractivity contribution in [1.29, 1.82) is 0 Å². The van der Waals surface area contributed by atoms with E-state index in [0.717, 1.165) is 16.5 Å². The van der Waals surface area contributed by atoms with Crippen LogP contribution < -0.4 is 5.32 Å². The first-order valence-electron chi connectivity index (χ1n) is 6.20. The number of hydrogen-bond donors (Lipinski definition) is 1. The Morgan fingerprint density at radius 1 is 1.26 bits per heavy atom. The molecule has 0 saturated carbocycles. The van der Waals surface area contributed by atoms with Crippen LogP contribution in [0.2, 0.25) is 0 Å². The molecule has 0 aliphatic heterocycles. The lowest BCUT2D eigenvalue weighted by molar-refractivity contribution is -0.139. The van der Waals surface area contributed by atoms with Gasteiger partial charge in [0, 0.05) is 36.7 Å². The number of nitrogens with zero attached hydrogens (tertiary/aromatic N) is 1. The van der Waals surface area contributed by atoms with Gasteiger partial charge in [-0.15, -0.1) is 0 Å². The molecular weight excluding hydrogens is 253 g/mol. The minimum absolute atomic E-state index is 0.443. The van der Waals surface area contributed by atoms with Crippen molar-refractivity contribution in [3.8, 4) is 0 Å². The quantitative estimate of drug-likeness (QED) is 0.898. The molecule has 5 heteroatoms. The molecule has 0 bridgehead atoms. The van der Waals surface area contributed by atoms with Gasteiger partial charge in [0.2, 0.25) is 0 Å². The van der Waals surface area contributed by atoms with Crippen molar-refractivity contribution >= 4 is 10.9 Å². The van der Waals surface area contributed by atoms with Crippen LogP contribution in [0.25, 0.3) is 10.9 Å². The predicted molar refractivity (Wildman–Crippen MR) is 69.9 cm³/mol. The molecule has 1 unspecified atom stereocenters. The highest BCUT2D eigenvalue weighted by atomic mass is 19.4. The van der Waals surface area contributed by atoms with Crippen LogP contribution in [-0.4, -0.2) is 16.8 Å². The topological polar surface area (TPSA) is 17.0 Å². The number of aromatic nitrogens is 1. The number of rotatable bonds is 4. The molecule has 0 aliphatic rings. The van der Waals surface area contributed by atoms with Crippen molar-refractivity contribution in [1.82, 2.24) is 9.88 Å². The molecule has 1 aromatic heterocycles. The number of benzene rings is 1. The molecule has 2 nitrogen and oxygen atoms in total. The van der Waals surface area contributed by atoms with E-state index < -0.39 is 18.6 Å². The van der Waals surface area contributed by atoms with Crippen molar-refractivity contribution in [3.05, 3.63) is 36.0 Å². The maximum Gasteiger partial charge on any atom is 0.390 e. The van der Waals surface area contributed by atoms with E-state index in [-0.39, 0.29) is 0 Å². The number of hydrogen-bond acceptors (Lipinski definition) is 1. The summed E-state index contributed by atoms with van der Waals surface area (Å²) in [5.74, 6) is 0. The van der Waals surface area contributed by atoms with Gasteiger partial charge in [0.1, 0.15) is 0 Å². The molecule has 0 fully saturated rings. The van der Waals surface area contributed by atoms with Gasteiger partial charge >= 0.3 is 6.18 Å². The Labute approximate surface area is 110 Å². The summed E-state index contributed by atoms with van der Waals surface area (Å²) in [7, 11) is 1.94. The summed E-state index contributed by atoms with van der Waals surface area (Å²) < 4.78 is 38.7. The fraction of sp³-hybridized carbons (Fsp3) is 0.429. The Balaban J connectivity index is 2.06. The molecule has 1 aromatic carbocycles. The fourth-order valence-electron chi connectivity index (χ4n) is 2.27. The number of para-hydroxylation sites is 1. The van der Waals surface area contributed by atoms with Crippen LogP contribution in [-0.2, 0) is 13.6 Å². The minimum atomic E-state index is -4.12. The van der Waals surface area contributed by atoms with Gasteiger partial charge in [-0.1, -0.05) is 18.2 Å². The molecule has 1 atom stereocenters. The molecule has 0 spiro atoms. The van der Waals surface area contributed by atoms with E-state index in [2.05, 4.69) is 5.32 Å². The van der Waals surface area contributed by atoms with Gasteiger partial charge in [-0.25, -0.2) is 0 Å². The van der Waals surface area contributed by atoms with Gasteiger partial charge in [-0.2, -0.15) is 13.2 Å². The van der Waals surface area contributed by atoms with E-state index in [0.29, 0.717) is 6.54 Å². The molecule has 0 amide bonds. The van der Waals surface area contributed by atoms with Crippen LogP contribution in [0.1, 0.15) is 18.9 Å². The first kappa shape index (κ1) is 13.9. The van der Waals surface area contributed by atoms with Gasteiger partial charge in [0.15, 0.2) is 0 Å². The summed E-state index contributed by atoms with van der Waals surface area (Å²) >= 11 is 0. The number of alkyl halides is 3. The molecular formula is C14H17F3N2. The fourth-order valence-corrected chi connectivity index (χ4v) is 2.27. The third kappa shape index (κ3) is 3.50. The highest BCUT2D eigenvalue weighted by molar-refractivity contribution is 5.83. The molecule has 0 aliphatic carbocycles. The van der Waals surface area contributed by atoms with Crippen LogP contribution in [0.3, 0.4) is 0 Å². The Kier molecular flexibility index (Phi) is 3.85. The monoisotopic (exact) mass is 270 g/mol. The molecule has 2 rings (SSSR count). The van der Waals surface area contributed by atoms with Gasteiger partial charge in [-0.3, -0.25) is 0 Å². The van der Waals surface area contributed by atoms with Crippen LogP contribution in [0.15, 0.2) is 30.5 Å². The number of nitrogens with one attached hydrogen (secondary N) is 1. The van der Waals surface area contributed by atoms with Gasteiger partial charge < -0.3 is 9.88 Å². The largest absolute Gasteiger partial charge is 0.390 e. The average Bonchev–Trinajstić information content (AvgIpc) is 2.62. The number of aryl methyl sites for hydroxylation is 1. The van der Waals surface area contributed by atoms with Gasteiger partial charge in [-0.05, 0) is 18.6 Å². The first-order valence-corrected chi connectivity index (χ1v) is 6.20. The molecule has 104 valence electrons. The van der Waals surface area contributed by atoms with Gasteiger partial charge in [0.05, 0.1) is 6.42 Å². The Morgan fingerprint density at radius 3 is 2.63 bits per heavy atom. The van der Waals surface area contributed by atoms with Crippen molar-refractivity contribution in [2.75, 3.05) is 0 Å². The van der Waals surface area contributed by atoms with Crippen molar-refractivity contribution in [2.45, 2.75) is 32.1 Å². The zero-order chi connectivity index (χ0) is 14.0. The van der Waals surface area contributed by atoms with Crippen molar-refractivity contribution in [3.63, 3.8) is 0 Å². The maximum absolute atomic E-state index is 12.2. The third-order valence-electron chi connectivity index (χ3n) is 3.16. The highest BCUT2D eigenvalue weighted by Crippen LogP contribution is 2.23. The second-order valence-corrected chi connectivity index (χ2v) is 4.88. The molecule has 0 radical (unpaired) electrons. The van der Waals surface area contributed by atoms with E-state index in [1.807, 2.05) is 42.1 Å². The van der Waals surface area contributed by atoms with Crippen LogP contribution >= 0.6 is 0 Å². The number of fused-ring (bicyclic) bond motifs is 1. The van der Waals surface area contributed by atoms with E-state index in [4.69, 9.17) is 0 Å². The lowest BCUT2D eigenvalue weighted by Crippen LogP contribution is -2.30. The van der Waals surface area contributed by atoms with Crippen molar-refractivity contribution < 1.29 is 13.2 Å². The van der Waals surface area contributed by atoms with Gasteiger partial charge in [0.25, 0.3) is 0 Å². The Bertz CT molecular complexity index is 557. The van der Waals surface area contributed by atoms with Crippen molar-refractivity contribution in [2.24, 2.45) is 7.05 Å². The SMILES string of the molecule is CC(CC(F)(F)F)NCc1cn(C)c2ccccc12. The van der Waals surface area contributed by atoms with E-state index in [1.165, 1.54) is 0 Å². The van der Waals surface area contributed by atoms with E-state index in [1.54, 1.807) is 6.92 Å². The first-order chi connectivity index (χ1) is 8.87. The summed E-state index contributed by atoms with van der Waals surface area (Å²) in [6.07, 6.45) is -2.97. The predicted octanol–water partition coefficient (Wildman–Crippen LogP) is 3.61. The smallest absolute Gasteiger partial charge is 0.350 e. The number of halogens is 3. The zero-order valence-electron chi connectivity index (χ0n) is 11.0. The second-order valence-electron chi connectivity index (χ2n) is 4.88. The van der Waals surface area contributed by atoms with E-state index >= 15 is 0 Å².